The predicted molar refractivity (Wildman–Crippen MR) is 90.1 cm³/mol. The minimum atomic E-state index is -0.164. The van der Waals surface area contributed by atoms with Crippen LogP contribution in [0.1, 0.15) is 48.1 Å². The number of nitrogens with two attached hydrogens (primary N) is 1. The van der Waals surface area contributed by atoms with Crippen molar-refractivity contribution in [1.82, 2.24) is 0 Å². The molecular formula is C19H22N2O. The van der Waals surface area contributed by atoms with Crippen molar-refractivity contribution in [3.63, 3.8) is 0 Å². The lowest BCUT2D eigenvalue weighted by Gasteiger charge is -2.17. The van der Waals surface area contributed by atoms with Crippen LogP contribution in [0.15, 0.2) is 42.5 Å². The van der Waals surface area contributed by atoms with Gasteiger partial charge in [0.05, 0.1) is 12.0 Å². The SMILES string of the molecule is CCN1C(=O)C(C)c2cc(C(N)c3cccc(C)c3)ccc21. The zero-order valence-electron chi connectivity index (χ0n) is 13.3. The Morgan fingerprint density at radius 2 is 1.91 bits per heavy atom. The van der Waals surface area contributed by atoms with Crippen molar-refractivity contribution in [3.05, 3.63) is 64.7 Å². The number of anilines is 1. The molecule has 3 nitrogen and oxygen atoms in total. The summed E-state index contributed by atoms with van der Waals surface area (Å²) in [5.41, 5.74) is 11.9. The summed E-state index contributed by atoms with van der Waals surface area (Å²) in [4.78, 5) is 14.1. The van der Waals surface area contributed by atoms with Crippen LogP contribution in [0, 0.1) is 6.92 Å². The molecule has 1 aliphatic heterocycles. The summed E-state index contributed by atoms with van der Waals surface area (Å²) < 4.78 is 0. The van der Waals surface area contributed by atoms with Gasteiger partial charge in [0.1, 0.15) is 0 Å². The minimum Gasteiger partial charge on any atom is -0.320 e. The summed E-state index contributed by atoms with van der Waals surface area (Å²) in [6.45, 7) is 6.75. The van der Waals surface area contributed by atoms with E-state index in [1.807, 2.05) is 36.9 Å². The number of nitrogens with zero attached hydrogens (tertiary/aromatic N) is 1. The first-order valence-corrected chi connectivity index (χ1v) is 7.80. The minimum absolute atomic E-state index is 0.0837. The van der Waals surface area contributed by atoms with E-state index >= 15 is 0 Å². The molecule has 1 aliphatic rings. The van der Waals surface area contributed by atoms with Gasteiger partial charge in [0.2, 0.25) is 5.91 Å². The van der Waals surface area contributed by atoms with Crippen LogP contribution in [0.25, 0.3) is 0 Å². The highest BCUT2D eigenvalue weighted by atomic mass is 16.2. The number of likely N-dealkylation sites (N-methyl/N-ethyl adjacent to an activating group) is 1. The quantitative estimate of drug-likeness (QED) is 0.941. The zero-order valence-corrected chi connectivity index (χ0v) is 13.3. The lowest BCUT2D eigenvalue weighted by atomic mass is 9.94. The number of aryl methyl sites for hydroxylation is 1. The Balaban J connectivity index is 2.00. The topological polar surface area (TPSA) is 46.3 Å². The molecule has 3 heteroatoms. The number of rotatable bonds is 3. The van der Waals surface area contributed by atoms with Gasteiger partial charge in [0.25, 0.3) is 0 Å². The van der Waals surface area contributed by atoms with E-state index < -0.39 is 0 Å². The number of carbonyl (C=O) groups is 1. The van der Waals surface area contributed by atoms with Crippen molar-refractivity contribution in [3.8, 4) is 0 Å². The van der Waals surface area contributed by atoms with Crippen molar-refractivity contribution in [2.24, 2.45) is 5.73 Å². The molecule has 1 heterocycles. The van der Waals surface area contributed by atoms with Gasteiger partial charge >= 0.3 is 0 Å². The third-order valence-electron chi connectivity index (χ3n) is 4.52. The lowest BCUT2D eigenvalue weighted by molar-refractivity contribution is -0.118. The Morgan fingerprint density at radius 1 is 1.18 bits per heavy atom. The van der Waals surface area contributed by atoms with Crippen molar-refractivity contribution in [1.29, 1.82) is 0 Å². The van der Waals surface area contributed by atoms with E-state index in [1.165, 1.54) is 5.56 Å². The van der Waals surface area contributed by atoms with Crippen LogP contribution in [0.4, 0.5) is 5.69 Å². The lowest BCUT2D eigenvalue weighted by Crippen LogP contribution is -2.27. The van der Waals surface area contributed by atoms with E-state index in [1.54, 1.807) is 0 Å². The standard InChI is InChI=1S/C19H22N2O/c1-4-21-17-9-8-15(11-16(17)13(3)19(21)22)18(20)14-7-5-6-12(2)10-14/h5-11,13,18H,4,20H2,1-3H3. The van der Waals surface area contributed by atoms with E-state index in [0.29, 0.717) is 6.54 Å². The van der Waals surface area contributed by atoms with E-state index in [0.717, 1.165) is 22.4 Å². The van der Waals surface area contributed by atoms with Crippen LogP contribution in [-0.4, -0.2) is 12.5 Å². The van der Waals surface area contributed by atoms with Crippen LogP contribution in [-0.2, 0) is 4.79 Å². The average Bonchev–Trinajstić information content (AvgIpc) is 2.77. The van der Waals surface area contributed by atoms with Crippen molar-refractivity contribution < 1.29 is 4.79 Å². The number of hydrogen-bond donors (Lipinski definition) is 1. The molecule has 3 rings (SSSR count). The van der Waals surface area contributed by atoms with E-state index in [2.05, 4.69) is 31.2 Å². The van der Waals surface area contributed by atoms with E-state index in [4.69, 9.17) is 5.73 Å². The largest absolute Gasteiger partial charge is 0.320 e. The molecule has 0 bridgehead atoms. The van der Waals surface area contributed by atoms with Crippen LogP contribution in [0.5, 0.6) is 0 Å². The molecule has 0 saturated carbocycles. The fourth-order valence-electron chi connectivity index (χ4n) is 3.23. The second-order valence-electron chi connectivity index (χ2n) is 6.01. The first kappa shape index (κ1) is 14.8. The summed E-state index contributed by atoms with van der Waals surface area (Å²) >= 11 is 0. The summed E-state index contributed by atoms with van der Waals surface area (Å²) in [5.74, 6) is 0.0957. The maximum atomic E-state index is 12.3. The van der Waals surface area contributed by atoms with Crippen molar-refractivity contribution >= 4 is 11.6 Å². The summed E-state index contributed by atoms with van der Waals surface area (Å²) in [6, 6.07) is 14.3. The van der Waals surface area contributed by atoms with Gasteiger partial charge in [0.15, 0.2) is 0 Å². The first-order valence-electron chi connectivity index (χ1n) is 7.80. The molecular weight excluding hydrogens is 272 g/mol. The third-order valence-corrected chi connectivity index (χ3v) is 4.52. The average molecular weight is 294 g/mol. The monoisotopic (exact) mass is 294 g/mol. The second-order valence-corrected chi connectivity index (χ2v) is 6.01. The van der Waals surface area contributed by atoms with Crippen molar-refractivity contribution in [2.75, 3.05) is 11.4 Å². The highest BCUT2D eigenvalue weighted by Crippen LogP contribution is 2.38. The number of benzene rings is 2. The Bertz CT molecular complexity index is 723. The molecule has 2 aromatic carbocycles. The van der Waals surface area contributed by atoms with Crippen LogP contribution in [0.3, 0.4) is 0 Å². The van der Waals surface area contributed by atoms with Gasteiger partial charge in [-0.1, -0.05) is 42.0 Å². The molecule has 0 aliphatic carbocycles. The molecule has 0 spiro atoms. The maximum absolute atomic E-state index is 12.3. The molecule has 2 N–H and O–H groups in total. The number of hydrogen-bond acceptors (Lipinski definition) is 2. The fraction of sp³-hybridized carbons (Fsp3) is 0.316. The normalized spacial score (nSPS) is 18.5. The Kier molecular flexibility index (Phi) is 3.75. The van der Waals surface area contributed by atoms with E-state index in [-0.39, 0.29) is 17.9 Å². The van der Waals surface area contributed by atoms with Crippen LogP contribution < -0.4 is 10.6 Å². The highest BCUT2D eigenvalue weighted by Gasteiger charge is 2.33. The van der Waals surface area contributed by atoms with Crippen LogP contribution >= 0.6 is 0 Å². The second kappa shape index (κ2) is 5.58. The molecule has 2 aromatic rings. The van der Waals surface area contributed by atoms with Crippen molar-refractivity contribution in [2.45, 2.75) is 32.7 Å². The Hall–Kier alpha value is -2.13. The smallest absolute Gasteiger partial charge is 0.234 e. The Labute approximate surface area is 131 Å². The van der Waals surface area contributed by atoms with Gasteiger partial charge < -0.3 is 10.6 Å². The van der Waals surface area contributed by atoms with Gasteiger partial charge in [-0.3, -0.25) is 4.79 Å². The molecule has 0 aromatic heterocycles. The van der Waals surface area contributed by atoms with Gasteiger partial charge in [-0.05, 0) is 43.5 Å². The molecule has 0 saturated heterocycles. The Morgan fingerprint density at radius 3 is 2.59 bits per heavy atom. The maximum Gasteiger partial charge on any atom is 0.234 e. The summed E-state index contributed by atoms with van der Waals surface area (Å²) in [7, 11) is 0. The number of fused-ring (bicyclic) bond motifs is 1. The van der Waals surface area contributed by atoms with Gasteiger partial charge in [-0.15, -0.1) is 0 Å². The molecule has 2 unspecified atom stereocenters. The molecule has 2 atom stereocenters. The molecule has 0 fully saturated rings. The van der Waals surface area contributed by atoms with Gasteiger partial charge in [-0.25, -0.2) is 0 Å². The fourth-order valence-corrected chi connectivity index (χ4v) is 3.23. The number of carbonyl (C=O) groups excluding carboxylic acids is 1. The molecule has 22 heavy (non-hydrogen) atoms. The van der Waals surface area contributed by atoms with Gasteiger partial charge in [-0.2, -0.15) is 0 Å². The number of amides is 1. The predicted octanol–water partition coefficient (Wildman–Crippen LogP) is 3.51. The van der Waals surface area contributed by atoms with Gasteiger partial charge in [0, 0.05) is 12.2 Å². The molecule has 114 valence electrons. The van der Waals surface area contributed by atoms with Crippen LogP contribution in [0.2, 0.25) is 0 Å². The summed E-state index contributed by atoms with van der Waals surface area (Å²) in [5, 5.41) is 0. The zero-order chi connectivity index (χ0) is 15.9. The third kappa shape index (κ3) is 2.32. The first-order chi connectivity index (χ1) is 10.5. The molecule has 1 amide bonds. The highest BCUT2D eigenvalue weighted by molar-refractivity contribution is 6.04. The molecule has 0 radical (unpaired) electrons. The summed E-state index contributed by atoms with van der Waals surface area (Å²) in [6.07, 6.45) is 0. The van der Waals surface area contributed by atoms with E-state index in [9.17, 15) is 4.79 Å².